The number of aromatic nitrogens is 2. The van der Waals surface area contributed by atoms with E-state index in [4.69, 9.17) is 27.9 Å². The molecule has 3 aromatic rings. The van der Waals surface area contributed by atoms with Gasteiger partial charge in [-0.05, 0) is 35.9 Å². The third-order valence-electron chi connectivity index (χ3n) is 5.06. The standard InChI is InChI=1S/C22H21Cl2N3O2/c23-17-11-16(12-18(24)13-17)20-19(4-2-6-26-20)22(28)21(15-3-1-5-25-14-15)27-7-9-29-10-8-27/h1-6,11-14,21-22,28H,7-10H2. The van der Waals surface area contributed by atoms with Crippen LogP contribution in [0.2, 0.25) is 10.0 Å². The maximum absolute atomic E-state index is 11.6. The fraction of sp³-hybridized carbons (Fsp3) is 0.273. The number of aliphatic hydroxyl groups is 1. The average Bonchev–Trinajstić information content (AvgIpc) is 2.75. The zero-order valence-corrected chi connectivity index (χ0v) is 17.2. The summed E-state index contributed by atoms with van der Waals surface area (Å²) in [6.07, 6.45) is 4.42. The quantitative estimate of drug-likeness (QED) is 0.643. The number of hydrogen-bond donors (Lipinski definition) is 1. The Kier molecular flexibility index (Phi) is 6.43. The first-order valence-electron chi connectivity index (χ1n) is 9.44. The molecule has 0 amide bonds. The van der Waals surface area contributed by atoms with Gasteiger partial charge >= 0.3 is 0 Å². The molecular weight excluding hydrogens is 409 g/mol. The molecule has 150 valence electrons. The number of nitrogens with zero attached hydrogens (tertiary/aromatic N) is 3. The highest BCUT2D eigenvalue weighted by Gasteiger charge is 2.32. The molecule has 2 unspecified atom stereocenters. The Labute approximate surface area is 179 Å². The fourth-order valence-electron chi connectivity index (χ4n) is 3.76. The Morgan fingerprint density at radius 3 is 2.41 bits per heavy atom. The molecule has 3 heterocycles. The lowest BCUT2D eigenvalue weighted by Gasteiger charge is -2.37. The van der Waals surface area contributed by atoms with Crippen LogP contribution in [0.25, 0.3) is 11.3 Å². The van der Waals surface area contributed by atoms with Gasteiger partial charge in [0, 0.05) is 52.9 Å². The molecule has 7 heteroatoms. The minimum Gasteiger partial charge on any atom is -0.386 e. The van der Waals surface area contributed by atoms with Gasteiger partial charge in [-0.1, -0.05) is 35.3 Å². The molecule has 0 aliphatic carbocycles. The number of halogens is 2. The smallest absolute Gasteiger partial charge is 0.101 e. The normalized spacial score (nSPS) is 17.1. The van der Waals surface area contributed by atoms with Gasteiger partial charge < -0.3 is 9.84 Å². The highest BCUT2D eigenvalue weighted by Crippen LogP contribution is 2.38. The number of morpholine rings is 1. The lowest BCUT2D eigenvalue weighted by atomic mass is 9.92. The maximum atomic E-state index is 11.6. The number of ether oxygens (including phenoxy) is 1. The second-order valence-electron chi connectivity index (χ2n) is 6.92. The highest BCUT2D eigenvalue weighted by atomic mass is 35.5. The van der Waals surface area contributed by atoms with Gasteiger partial charge in [-0.2, -0.15) is 0 Å². The summed E-state index contributed by atoms with van der Waals surface area (Å²) >= 11 is 12.4. The van der Waals surface area contributed by atoms with Crippen LogP contribution in [0.1, 0.15) is 23.3 Å². The Morgan fingerprint density at radius 2 is 1.72 bits per heavy atom. The van der Waals surface area contributed by atoms with Crippen molar-refractivity contribution in [1.29, 1.82) is 0 Å². The van der Waals surface area contributed by atoms with Gasteiger partial charge in [0.2, 0.25) is 0 Å². The molecule has 0 saturated carbocycles. The van der Waals surface area contributed by atoms with E-state index >= 15 is 0 Å². The molecular formula is C22H21Cl2N3O2. The minimum atomic E-state index is -0.821. The fourth-order valence-corrected chi connectivity index (χ4v) is 4.28. The highest BCUT2D eigenvalue weighted by molar-refractivity contribution is 6.35. The third kappa shape index (κ3) is 4.60. The van der Waals surface area contributed by atoms with Gasteiger partial charge in [-0.25, -0.2) is 0 Å². The first kappa shape index (κ1) is 20.3. The lowest BCUT2D eigenvalue weighted by molar-refractivity contribution is -0.0238. The summed E-state index contributed by atoms with van der Waals surface area (Å²) in [6, 6.07) is 12.6. The second kappa shape index (κ2) is 9.20. The summed E-state index contributed by atoms with van der Waals surface area (Å²) in [4.78, 5) is 11.0. The predicted octanol–water partition coefficient (Wildman–Crippen LogP) is 4.56. The summed E-state index contributed by atoms with van der Waals surface area (Å²) in [5.41, 5.74) is 3.09. The summed E-state index contributed by atoms with van der Waals surface area (Å²) in [6.45, 7) is 2.73. The molecule has 1 saturated heterocycles. The Bertz CT molecular complexity index is 945. The predicted molar refractivity (Wildman–Crippen MR) is 114 cm³/mol. The van der Waals surface area contributed by atoms with Crippen LogP contribution in [0.3, 0.4) is 0 Å². The molecule has 2 aromatic heterocycles. The van der Waals surface area contributed by atoms with E-state index in [1.54, 1.807) is 36.8 Å². The number of aliphatic hydroxyl groups excluding tert-OH is 1. The molecule has 1 aliphatic rings. The van der Waals surface area contributed by atoms with Gasteiger partial charge in [0.05, 0.1) is 24.9 Å². The minimum absolute atomic E-state index is 0.273. The molecule has 1 aliphatic heterocycles. The van der Waals surface area contributed by atoms with Gasteiger partial charge in [0.15, 0.2) is 0 Å². The summed E-state index contributed by atoms with van der Waals surface area (Å²) in [5.74, 6) is 0. The Hall–Kier alpha value is -2.02. The van der Waals surface area contributed by atoms with E-state index in [0.29, 0.717) is 34.5 Å². The van der Waals surface area contributed by atoms with E-state index in [9.17, 15) is 5.11 Å². The lowest BCUT2D eigenvalue weighted by Crippen LogP contribution is -2.41. The van der Waals surface area contributed by atoms with Gasteiger partial charge in [0.25, 0.3) is 0 Å². The number of hydrogen-bond acceptors (Lipinski definition) is 5. The summed E-state index contributed by atoms with van der Waals surface area (Å²) in [7, 11) is 0. The van der Waals surface area contributed by atoms with E-state index < -0.39 is 6.10 Å². The van der Waals surface area contributed by atoms with Crippen molar-refractivity contribution in [3.63, 3.8) is 0 Å². The average molecular weight is 430 g/mol. The van der Waals surface area contributed by atoms with E-state index in [1.165, 1.54) is 0 Å². The zero-order chi connectivity index (χ0) is 20.2. The van der Waals surface area contributed by atoms with Crippen LogP contribution < -0.4 is 0 Å². The monoisotopic (exact) mass is 429 g/mol. The van der Waals surface area contributed by atoms with E-state index in [2.05, 4.69) is 14.9 Å². The second-order valence-corrected chi connectivity index (χ2v) is 7.80. The first-order valence-corrected chi connectivity index (χ1v) is 10.2. The van der Waals surface area contributed by atoms with Crippen LogP contribution in [0.4, 0.5) is 0 Å². The van der Waals surface area contributed by atoms with E-state index in [1.807, 2.05) is 24.3 Å². The van der Waals surface area contributed by atoms with Crippen LogP contribution in [0.5, 0.6) is 0 Å². The van der Waals surface area contributed by atoms with E-state index in [-0.39, 0.29) is 6.04 Å². The van der Waals surface area contributed by atoms with Crippen LogP contribution in [0.15, 0.2) is 61.1 Å². The SMILES string of the molecule is OC(c1cccnc1-c1cc(Cl)cc(Cl)c1)C(c1cccnc1)N1CCOCC1. The molecule has 0 bridgehead atoms. The molecule has 5 nitrogen and oxygen atoms in total. The van der Waals surface area contributed by atoms with Gasteiger partial charge in [-0.3, -0.25) is 14.9 Å². The Morgan fingerprint density at radius 1 is 1.00 bits per heavy atom. The van der Waals surface area contributed by atoms with Crippen molar-refractivity contribution in [2.75, 3.05) is 26.3 Å². The first-order chi connectivity index (χ1) is 14.1. The van der Waals surface area contributed by atoms with Crippen molar-refractivity contribution in [2.45, 2.75) is 12.1 Å². The zero-order valence-electron chi connectivity index (χ0n) is 15.7. The molecule has 1 N–H and O–H groups in total. The van der Waals surface area contributed by atoms with Crippen LogP contribution in [0, 0.1) is 0 Å². The van der Waals surface area contributed by atoms with Gasteiger partial charge in [-0.15, -0.1) is 0 Å². The molecule has 2 atom stereocenters. The number of benzene rings is 1. The third-order valence-corrected chi connectivity index (χ3v) is 5.49. The number of pyridine rings is 2. The van der Waals surface area contributed by atoms with Crippen molar-refractivity contribution in [1.82, 2.24) is 14.9 Å². The molecule has 1 fully saturated rings. The topological polar surface area (TPSA) is 58.5 Å². The van der Waals surface area contributed by atoms with Crippen LogP contribution in [-0.4, -0.2) is 46.3 Å². The maximum Gasteiger partial charge on any atom is 0.101 e. The van der Waals surface area contributed by atoms with Crippen molar-refractivity contribution < 1.29 is 9.84 Å². The van der Waals surface area contributed by atoms with Crippen molar-refractivity contribution in [2.24, 2.45) is 0 Å². The van der Waals surface area contributed by atoms with Crippen LogP contribution in [-0.2, 0) is 4.74 Å². The summed E-state index contributed by atoms with van der Waals surface area (Å²) in [5, 5.41) is 12.6. The molecule has 29 heavy (non-hydrogen) atoms. The molecule has 4 rings (SSSR count). The number of rotatable bonds is 5. The molecule has 0 radical (unpaired) electrons. The largest absolute Gasteiger partial charge is 0.386 e. The molecule has 1 aromatic carbocycles. The summed E-state index contributed by atoms with van der Waals surface area (Å²) < 4.78 is 5.51. The molecule has 0 spiro atoms. The Balaban J connectivity index is 1.78. The van der Waals surface area contributed by atoms with Gasteiger partial charge in [0.1, 0.15) is 6.10 Å². The van der Waals surface area contributed by atoms with Crippen molar-refractivity contribution in [3.8, 4) is 11.3 Å². The van der Waals surface area contributed by atoms with E-state index in [0.717, 1.165) is 24.2 Å². The van der Waals surface area contributed by atoms with Crippen molar-refractivity contribution >= 4 is 23.2 Å². The van der Waals surface area contributed by atoms with Crippen molar-refractivity contribution in [3.05, 3.63) is 82.2 Å². The van der Waals surface area contributed by atoms with Crippen LogP contribution >= 0.6 is 23.2 Å².